The van der Waals surface area contributed by atoms with Gasteiger partial charge in [0, 0.05) is 44.0 Å². The van der Waals surface area contributed by atoms with Gasteiger partial charge in [-0.15, -0.1) is 24.0 Å². The molecule has 1 N–H and O–H groups in total. The Kier molecular flexibility index (Phi) is 9.69. The largest absolute Gasteiger partial charge is 0.496 e. The zero-order valence-corrected chi connectivity index (χ0v) is 21.1. The minimum Gasteiger partial charge on any atom is -0.496 e. The summed E-state index contributed by atoms with van der Waals surface area (Å²) in [4.78, 5) is 7.08. The molecule has 9 nitrogen and oxygen atoms in total. The molecular weight excluding hydrogens is 513 g/mol. The number of benzene rings is 1. The molecule has 1 fully saturated rings. The van der Waals surface area contributed by atoms with Crippen molar-refractivity contribution < 1.29 is 18.9 Å². The molecule has 172 valence electrons. The highest BCUT2D eigenvalue weighted by molar-refractivity contribution is 14.0. The highest BCUT2D eigenvalue weighted by atomic mass is 127. The van der Waals surface area contributed by atoms with Gasteiger partial charge in [-0.05, 0) is 6.92 Å². The van der Waals surface area contributed by atoms with Crippen molar-refractivity contribution in [2.24, 2.45) is 12.0 Å². The second kappa shape index (κ2) is 12.0. The number of halogens is 1. The van der Waals surface area contributed by atoms with Gasteiger partial charge in [-0.1, -0.05) is 0 Å². The fourth-order valence-corrected chi connectivity index (χ4v) is 3.46. The third-order valence-electron chi connectivity index (χ3n) is 5.00. The van der Waals surface area contributed by atoms with E-state index in [0.717, 1.165) is 30.2 Å². The second-order valence-electron chi connectivity index (χ2n) is 6.93. The molecule has 2 heterocycles. The minimum atomic E-state index is -0.0404. The molecular formula is C21H32IN5O4. The molecule has 31 heavy (non-hydrogen) atoms. The summed E-state index contributed by atoms with van der Waals surface area (Å²) in [6.07, 6.45) is 3.80. The molecule has 0 spiro atoms. The maximum absolute atomic E-state index is 5.97. The van der Waals surface area contributed by atoms with Gasteiger partial charge < -0.3 is 29.2 Å². The summed E-state index contributed by atoms with van der Waals surface area (Å²) < 4.78 is 24.2. The maximum Gasteiger partial charge on any atom is 0.194 e. The average molecular weight is 545 g/mol. The van der Waals surface area contributed by atoms with Crippen LogP contribution in [0.1, 0.15) is 24.2 Å². The van der Waals surface area contributed by atoms with Gasteiger partial charge in [-0.25, -0.2) is 4.99 Å². The first-order chi connectivity index (χ1) is 14.6. The summed E-state index contributed by atoms with van der Waals surface area (Å²) in [6.45, 7) is 5.33. The third kappa shape index (κ3) is 6.16. The first kappa shape index (κ1) is 25.1. The van der Waals surface area contributed by atoms with Crippen LogP contribution in [0.3, 0.4) is 0 Å². The number of hydrogen-bond donors (Lipinski definition) is 1. The Hall–Kier alpha value is -2.21. The van der Waals surface area contributed by atoms with Gasteiger partial charge in [0.15, 0.2) is 5.96 Å². The van der Waals surface area contributed by atoms with E-state index < -0.39 is 0 Å². The van der Waals surface area contributed by atoms with Crippen molar-refractivity contribution in [1.29, 1.82) is 0 Å². The van der Waals surface area contributed by atoms with Crippen LogP contribution in [0.5, 0.6) is 17.2 Å². The summed E-state index contributed by atoms with van der Waals surface area (Å²) >= 11 is 0. The molecule has 0 aliphatic carbocycles. The fourth-order valence-electron chi connectivity index (χ4n) is 3.46. The molecule has 2 aromatic rings. The number of ether oxygens (including phenoxy) is 4. The SMILES string of the molecule is CCNC(=NCc1c(OC)cc(OC)cc1OC)N1CCOC(c2cnn(C)c2)C1.I. The van der Waals surface area contributed by atoms with Gasteiger partial charge in [-0.2, -0.15) is 5.10 Å². The van der Waals surface area contributed by atoms with E-state index in [-0.39, 0.29) is 30.1 Å². The maximum atomic E-state index is 5.97. The zero-order chi connectivity index (χ0) is 21.5. The van der Waals surface area contributed by atoms with Gasteiger partial charge in [0.1, 0.15) is 23.4 Å². The lowest BCUT2D eigenvalue weighted by molar-refractivity contribution is -0.00805. The monoisotopic (exact) mass is 545 g/mol. The van der Waals surface area contributed by atoms with Gasteiger partial charge in [0.2, 0.25) is 0 Å². The molecule has 1 unspecified atom stereocenters. The Balaban J connectivity index is 0.00000341. The molecule has 0 amide bonds. The summed E-state index contributed by atoms with van der Waals surface area (Å²) in [6, 6.07) is 3.68. The predicted octanol–water partition coefficient (Wildman–Crippen LogP) is 2.60. The summed E-state index contributed by atoms with van der Waals surface area (Å²) in [5.74, 6) is 2.87. The molecule has 0 saturated carbocycles. The quantitative estimate of drug-likeness (QED) is 0.326. The first-order valence-corrected chi connectivity index (χ1v) is 10.0. The number of hydrogen-bond acceptors (Lipinski definition) is 6. The van der Waals surface area contributed by atoms with Crippen LogP contribution >= 0.6 is 24.0 Å². The molecule has 10 heteroatoms. The van der Waals surface area contributed by atoms with Gasteiger partial charge in [0.25, 0.3) is 0 Å². The highest BCUT2D eigenvalue weighted by Gasteiger charge is 2.25. The number of nitrogens with zero attached hydrogens (tertiary/aromatic N) is 4. The van der Waals surface area contributed by atoms with Crippen LogP contribution in [-0.2, 0) is 18.3 Å². The van der Waals surface area contributed by atoms with Crippen molar-refractivity contribution in [3.8, 4) is 17.2 Å². The number of aliphatic imine (C=N–C) groups is 1. The lowest BCUT2D eigenvalue weighted by atomic mass is 10.1. The van der Waals surface area contributed by atoms with E-state index in [4.69, 9.17) is 23.9 Å². The van der Waals surface area contributed by atoms with E-state index in [9.17, 15) is 0 Å². The second-order valence-corrected chi connectivity index (χ2v) is 6.93. The van der Waals surface area contributed by atoms with E-state index in [2.05, 4.69) is 22.2 Å². The molecule has 3 rings (SSSR count). The molecule has 1 aliphatic rings. The van der Waals surface area contributed by atoms with E-state index >= 15 is 0 Å². The zero-order valence-electron chi connectivity index (χ0n) is 18.8. The van der Waals surface area contributed by atoms with Crippen LogP contribution in [0.25, 0.3) is 0 Å². The van der Waals surface area contributed by atoms with Crippen LogP contribution < -0.4 is 19.5 Å². The molecule has 1 aromatic carbocycles. The number of aromatic nitrogens is 2. The van der Waals surface area contributed by atoms with Crippen molar-refractivity contribution >= 4 is 29.9 Å². The van der Waals surface area contributed by atoms with Crippen molar-refractivity contribution in [3.63, 3.8) is 0 Å². The first-order valence-electron chi connectivity index (χ1n) is 10.0. The van der Waals surface area contributed by atoms with Crippen molar-refractivity contribution in [2.75, 3.05) is 47.6 Å². The standard InChI is InChI=1S/C21H31N5O4.HI/c1-6-22-21(26-7-8-30-20(14-26)15-11-24-25(2)13-15)23-12-17-18(28-4)9-16(27-3)10-19(17)29-5;/h9-11,13,20H,6-8,12,14H2,1-5H3,(H,22,23);1H. The lowest BCUT2D eigenvalue weighted by Gasteiger charge is -2.34. The van der Waals surface area contributed by atoms with Crippen LogP contribution in [-0.4, -0.2) is 68.2 Å². The molecule has 1 aromatic heterocycles. The van der Waals surface area contributed by atoms with E-state index in [0.29, 0.717) is 36.9 Å². The Bertz CT molecular complexity index is 848. The van der Waals surface area contributed by atoms with Crippen molar-refractivity contribution in [2.45, 2.75) is 19.6 Å². The van der Waals surface area contributed by atoms with Gasteiger partial charge in [-0.3, -0.25) is 4.68 Å². The number of guanidine groups is 1. The molecule has 0 bridgehead atoms. The minimum absolute atomic E-state index is 0. The summed E-state index contributed by atoms with van der Waals surface area (Å²) in [7, 11) is 6.79. The fraction of sp³-hybridized carbons (Fsp3) is 0.524. The van der Waals surface area contributed by atoms with Gasteiger partial charge >= 0.3 is 0 Å². The predicted molar refractivity (Wildman–Crippen MR) is 130 cm³/mol. The Morgan fingerprint density at radius 2 is 1.94 bits per heavy atom. The van der Waals surface area contributed by atoms with Crippen LogP contribution in [0.15, 0.2) is 29.5 Å². The number of methoxy groups -OCH3 is 3. The Morgan fingerprint density at radius 1 is 1.23 bits per heavy atom. The van der Waals surface area contributed by atoms with Gasteiger partial charge in [0.05, 0.1) is 52.8 Å². The number of aryl methyl sites for hydroxylation is 1. The smallest absolute Gasteiger partial charge is 0.194 e. The van der Waals surface area contributed by atoms with Crippen molar-refractivity contribution in [3.05, 3.63) is 35.7 Å². The van der Waals surface area contributed by atoms with E-state index in [1.165, 1.54) is 0 Å². The lowest BCUT2D eigenvalue weighted by Crippen LogP contribution is -2.48. The van der Waals surface area contributed by atoms with Crippen LogP contribution in [0, 0.1) is 0 Å². The average Bonchev–Trinajstić information content (AvgIpc) is 3.22. The molecule has 1 saturated heterocycles. The van der Waals surface area contributed by atoms with E-state index in [1.807, 2.05) is 31.6 Å². The third-order valence-corrected chi connectivity index (χ3v) is 5.00. The summed E-state index contributed by atoms with van der Waals surface area (Å²) in [5.41, 5.74) is 1.94. The van der Waals surface area contributed by atoms with Crippen molar-refractivity contribution in [1.82, 2.24) is 20.0 Å². The normalized spacial score (nSPS) is 16.5. The highest BCUT2D eigenvalue weighted by Crippen LogP contribution is 2.34. The Morgan fingerprint density at radius 3 is 2.48 bits per heavy atom. The van der Waals surface area contributed by atoms with E-state index in [1.54, 1.807) is 26.0 Å². The molecule has 1 aliphatic heterocycles. The number of nitrogens with one attached hydrogen (secondary N) is 1. The molecule has 1 atom stereocenters. The molecule has 0 radical (unpaired) electrons. The number of rotatable bonds is 7. The Labute approximate surface area is 200 Å². The number of morpholine rings is 1. The topological polar surface area (TPSA) is 82.4 Å². The van der Waals surface area contributed by atoms with Crippen LogP contribution in [0.4, 0.5) is 0 Å². The van der Waals surface area contributed by atoms with Crippen LogP contribution in [0.2, 0.25) is 0 Å². The summed E-state index contributed by atoms with van der Waals surface area (Å²) in [5, 5.41) is 7.65.